The molecule has 0 N–H and O–H groups in total. The van der Waals surface area contributed by atoms with Gasteiger partial charge in [0.15, 0.2) is 9.84 Å². The summed E-state index contributed by atoms with van der Waals surface area (Å²) < 4.78 is 25.0. The highest BCUT2D eigenvalue weighted by Gasteiger charge is 2.13. The number of pyridine rings is 1. The first-order valence-corrected chi connectivity index (χ1v) is 7.53. The van der Waals surface area contributed by atoms with E-state index in [9.17, 15) is 8.42 Å². The first-order valence-electron chi connectivity index (χ1n) is 4.67. The molecule has 0 aliphatic carbocycles. The van der Waals surface area contributed by atoms with Crippen molar-refractivity contribution in [1.82, 2.24) is 9.38 Å². The number of hydrogen-bond acceptors (Lipinski definition) is 3. The van der Waals surface area contributed by atoms with Gasteiger partial charge in [-0.25, -0.2) is 13.4 Å². The molecule has 16 heavy (non-hydrogen) atoms. The summed E-state index contributed by atoms with van der Waals surface area (Å²) in [6.07, 6.45) is 3.04. The van der Waals surface area contributed by atoms with Crippen molar-refractivity contribution in [3.8, 4) is 0 Å². The van der Waals surface area contributed by atoms with E-state index in [4.69, 9.17) is 0 Å². The molecule has 0 amide bonds. The molecule has 2 rings (SSSR count). The van der Waals surface area contributed by atoms with Crippen LogP contribution < -0.4 is 0 Å². The molecule has 0 bridgehead atoms. The Labute approximate surface area is 102 Å². The van der Waals surface area contributed by atoms with E-state index in [1.165, 1.54) is 6.26 Å². The minimum atomic E-state index is -3.07. The fourth-order valence-corrected chi connectivity index (χ4v) is 2.73. The molecule has 6 heteroatoms. The summed E-state index contributed by atoms with van der Waals surface area (Å²) >= 11 is 3.33. The average molecular weight is 303 g/mol. The molecule has 0 spiro atoms. The van der Waals surface area contributed by atoms with Crippen LogP contribution in [0.15, 0.2) is 22.9 Å². The fourth-order valence-electron chi connectivity index (χ4n) is 1.55. The third kappa shape index (κ3) is 2.27. The van der Waals surface area contributed by atoms with Crippen molar-refractivity contribution in [2.24, 2.45) is 0 Å². The molecule has 0 saturated carbocycles. The number of imidazole rings is 1. The lowest BCUT2D eigenvalue weighted by Crippen LogP contribution is -2.04. The number of rotatable bonds is 2. The molecular formula is C10H11BrN2O2S. The van der Waals surface area contributed by atoms with Crippen LogP contribution in [-0.2, 0) is 15.6 Å². The molecule has 2 aromatic rings. The van der Waals surface area contributed by atoms with Crippen LogP contribution in [0, 0.1) is 6.92 Å². The summed E-state index contributed by atoms with van der Waals surface area (Å²) in [5.41, 5.74) is 2.00. The zero-order valence-corrected chi connectivity index (χ0v) is 11.3. The molecule has 0 radical (unpaired) electrons. The molecule has 2 aromatic heterocycles. The number of aryl methyl sites for hydroxylation is 1. The van der Waals surface area contributed by atoms with Crippen LogP contribution >= 0.6 is 15.9 Å². The number of aromatic nitrogens is 2. The molecule has 2 heterocycles. The Hall–Kier alpha value is -0.880. The summed E-state index contributed by atoms with van der Waals surface area (Å²) in [5, 5.41) is 0. The van der Waals surface area contributed by atoms with Gasteiger partial charge in [-0.2, -0.15) is 0 Å². The molecule has 0 unspecified atom stereocenters. The second kappa shape index (κ2) is 3.85. The van der Waals surface area contributed by atoms with E-state index >= 15 is 0 Å². The smallest absolute Gasteiger partial charge is 0.154 e. The van der Waals surface area contributed by atoms with Crippen molar-refractivity contribution in [1.29, 1.82) is 0 Å². The maximum Gasteiger partial charge on any atom is 0.154 e. The van der Waals surface area contributed by atoms with Crippen molar-refractivity contribution in [3.63, 3.8) is 0 Å². The number of halogens is 1. The number of sulfone groups is 1. The molecule has 0 aromatic carbocycles. The number of hydrogen-bond donors (Lipinski definition) is 0. The minimum Gasteiger partial charge on any atom is -0.302 e. The fraction of sp³-hybridized carbons (Fsp3) is 0.300. The van der Waals surface area contributed by atoms with Gasteiger partial charge in [-0.15, -0.1) is 0 Å². The van der Waals surface area contributed by atoms with E-state index in [-0.39, 0.29) is 5.75 Å². The Morgan fingerprint density at radius 3 is 2.81 bits per heavy atom. The number of nitrogens with zero attached hydrogens (tertiary/aromatic N) is 2. The first-order chi connectivity index (χ1) is 7.37. The molecule has 0 aliphatic heterocycles. The predicted molar refractivity (Wildman–Crippen MR) is 66.2 cm³/mol. The summed E-state index contributed by atoms with van der Waals surface area (Å²) in [6, 6.07) is 3.88. The van der Waals surface area contributed by atoms with Crippen molar-refractivity contribution >= 4 is 31.3 Å². The standard InChI is InChI=1S/C10H11BrN2O2S/c1-7-3-4-13-8(5-7)10(11)12-9(13)6-16(2,14)15/h3-5H,6H2,1-2H3. The van der Waals surface area contributed by atoms with Gasteiger partial charge in [-0.1, -0.05) is 0 Å². The molecule has 0 atom stereocenters. The van der Waals surface area contributed by atoms with E-state index in [0.717, 1.165) is 11.1 Å². The van der Waals surface area contributed by atoms with Gasteiger partial charge in [0.05, 0.1) is 5.52 Å². The first kappa shape index (κ1) is 11.6. The Balaban J connectivity index is 2.64. The quantitative estimate of drug-likeness (QED) is 0.852. The predicted octanol–water partition coefficient (Wildman–Crippen LogP) is 1.95. The van der Waals surface area contributed by atoms with Crippen molar-refractivity contribution in [2.45, 2.75) is 12.7 Å². The second-order valence-electron chi connectivity index (χ2n) is 3.85. The molecule has 0 saturated heterocycles. The van der Waals surface area contributed by atoms with Crippen molar-refractivity contribution in [2.75, 3.05) is 6.26 Å². The highest BCUT2D eigenvalue weighted by atomic mass is 79.9. The van der Waals surface area contributed by atoms with Crippen LogP contribution in [0.4, 0.5) is 0 Å². The van der Waals surface area contributed by atoms with Gasteiger partial charge in [0.25, 0.3) is 0 Å². The van der Waals surface area contributed by atoms with E-state index < -0.39 is 9.84 Å². The van der Waals surface area contributed by atoms with Crippen LogP contribution in [0.25, 0.3) is 5.52 Å². The van der Waals surface area contributed by atoms with E-state index in [1.807, 2.05) is 25.3 Å². The average Bonchev–Trinajstić information content (AvgIpc) is 2.40. The van der Waals surface area contributed by atoms with Gasteiger partial charge in [-0.3, -0.25) is 0 Å². The van der Waals surface area contributed by atoms with Crippen LogP contribution in [-0.4, -0.2) is 24.1 Å². The van der Waals surface area contributed by atoms with E-state index in [2.05, 4.69) is 20.9 Å². The van der Waals surface area contributed by atoms with Gasteiger partial charge in [-0.05, 0) is 40.5 Å². The topological polar surface area (TPSA) is 51.4 Å². The summed E-state index contributed by atoms with van der Waals surface area (Å²) in [5.74, 6) is 0.479. The van der Waals surface area contributed by atoms with Gasteiger partial charge >= 0.3 is 0 Å². The SMILES string of the molecule is Cc1ccn2c(CS(C)(=O)=O)nc(Br)c2c1. The molecule has 0 fully saturated rings. The highest BCUT2D eigenvalue weighted by Crippen LogP contribution is 2.20. The Kier molecular flexibility index (Phi) is 2.79. The lowest BCUT2D eigenvalue weighted by molar-refractivity contribution is 0.599. The Bertz CT molecular complexity index is 646. The van der Waals surface area contributed by atoms with Crippen molar-refractivity contribution in [3.05, 3.63) is 34.3 Å². The molecule has 0 aliphatic rings. The second-order valence-corrected chi connectivity index (χ2v) is 6.74. The van der Waals surface area contributed by atoms with Gasteiger partial charge < -0.3 is 4.40 Å². The minimum absolute atomic E-state index is 0.0528. The Morgan fingerprint density at radius 2 is 2.19 bits per heavy atom. The van der Waals surface area contributed by atoms with Crippen LogP contribution in [0.3, 0.4) is 0 Å². The summed E-state index contributed by atoms with van der Waals surface area (Å²) in [4.78, 5) is 4.22. The monoisotopic (exact) mass is 302 g/mol. The normalized spacial score (nSPS) is 12.2. The zero-order chi connectivity index (χ0) is 11.9. The highest BCUT2D eigenvalue weighted by molar-refractivity contribution is 9.10. The van der Waals surface area contributed by atoms with E-state index in [1.54, 1.807) is 4.40 Å². The summed E-state index contributed by atoms with van der Waals surface area (Å²) in [7, 11) is -3.07. The lowest BCUT2D eigenvalue weighted by atomic mass is 10.3. The van der Waals surface area contributed by atoms with Crippen molar-refractivity contribution < 1.29 is 8.42 Å². The maximum absolute atomic E-state index is 11.3. The molecule has 4 nitrogen and oxygen atoms in total. The van der Waals surface area contributed by atoms with Gasteiger partial charge in [0.2, 0.25) is 0 Å². The molecular weight excluding hydrogens is 292 g/mol. The Morgan fingerprint density at radius 1 is 1.50 bits per heavy atom. The molecule has 86 valence electrons. The third-order valence-electron chi connectivity index (χ3n) is 2.22. The third-order valence-corrected chi connectivity index (χ3v) is 3.58. The summed E-state index contributed by atoms with van der Waals surface area (Å²) in [6.45, 7) is 1.98. The largest absolute Gasteiger partial charge is 0.302 e. The van der Waals surface area contributed by atoms with Crippen LogP contribution in [0.5, 0.6) is 0 Å². The lowest BCUT2D eigenvalue weighted by Gasteiger charge is -2.00. The number of fused-ring (bicyclic) bond motifs is 1. The van der Waals surface area contributed by atoms with E-state index in [0.29, 0.717) is 10.4 Å². The van der Waals surface area contributed by atoms with Gasteiger partial charge in [0, 0.05) is 12.5 Å². The maximum atomic E-state index is 11.3. The van der Waals surface area contributed by atoms with Crippen LogP contribution in [0.2, 0.25) is 0 Å². The van der Waals surface area contributed by atoms with Gasteiger partial charge in [0.1, 0.15) is 16.2 Å². The zero-order valence-electron chi connectivity index (χ0n) is 8.94. The van der Waals surface area contributed by atoms with Crippen LogP contribution in [0.1, 0.15) is 11.4 Å².